The molecule has 62 valence electrons. The molecule has 0 atom stereocenters. The molecule has 0 aromatic rings. The second kappa shape index (κ2) is 3.99. The maximum Gasteiger partial charge on any atom is 0.227 e. The molecule has 0 saturated carbocycles. The van der Waals surface area contributed by atoms with Gasteiger partial charge in [0.1, 0.15) is 0 Å². The lowest BCUT2D eigenvalue weighted by atomic mass is 9.93. The van der Waals surface area contributed by atoms with Gasteiger partial charge in [-0.1, -0.05) is 5.92 Å². The molecule has 1 amide bonds. The van der Waals surface area contributed by atoms with Crippen molar-refractivity contribution in [3.8, 4) is 12.3 Å². The summed E-state index contributed by atoms with van der Waals surface area (Å²) in [6.07, 6.45) is 4.97. The molecule has 3 nitrogen and oxygen atoms in total. The van der Waals surface area contributed by atoms with E-state index >= 15 is 0 Å². The molecule has 0 aliphatic carbocycles. The van der Waals surface area contributed by atoms with Crippen molar-refractivity contribution < 1.29 is 4.79 Å². The van der Waals surface area contributed by atoms with Gasteiger partial charge in [0.2, 0.25) is 5.91 Å². The van der Waals surface area contributed by atoms with Crippen LogP contribution in [0.5, 0.6) is 0 Å². The van der Waals surface area contributed by atoms with Crippen molar-refractivity contribution in [2.24, 2.45) is 11.1 Å². The molecule has 0 radical (unpaired) electrons. The van der Waals surface area contributed by atoms with Crippen molar-refractivity contribution in [3.63, 3.8) is 0 Å². The van der Waals surface area contributed by atoms with Crippen LogP contribution in [0, 0.1) is 17.8 Å². The highest BCUT2D eigenvalue weighted by Gasteiger charge is 2.24. The Morgan fingerprint density at radius 1 is 1.73 bits per heavy atom. The third kappa shape index (κ3) is 3.06. The zero-order valence-corrected chi connectivity index (χ0v) is 6.98. The van der Waals surface area contributed by atoms with Gasteiger partial charge in [-0.3, -0.25) is 4.79 Å². The van der Waals surface area contributed by atoms with Crippen molar-refractivity contribution >= 4 is 5.91 Å². The molecule has 0 aromatic heterocycles. The largest absolute Gasteiger partial charge is 0.345 e. The summed E-state index contributed by atoms with van der Waals surface area (Å²) in [4.78, 5) is 11.2. The fraction of sp³-hybridized carbons (Fsp3) is 0.625. The van der Waals surface area contributed by atoms with Crippen LogP contribution in [0.25, 0.3) is 0 Å². The highest BCUT2D eigenvalue weighted by atomic mass is 16.2. The van der Waals surface area contributed by atoms with Gasteiger partial charge in [-0.25, -0.2) is 0 Å². The molecule has 0 spiro atoms. The Balaban J connectivity index is 3.94. The first-order chi connectivity index (χ1) is 5.04. The standard InChI is InChI=1S/C8H14N2O/c1-4-5-10-7(11)8(2,3)6-9/h1H,5-6,9H2,2-3H3,(H,10,11). The number of hydrogen-bond donors (Lipinski definition) is 2. The minimum absolute atomic E-state index is 0.0991. The SMILES string of the molecule is C#CCNC(=O)C(C)(C)CN. The Morgan fingerprint density at radius 3 is 2.64 bits per heavy atom. The normalized spacial score (nSPS) is 10.4. The predicted molar refractivity (Wildman–Crippen MR) is 44.7 cm³/mol. The van der Waals surface area contributed by atoms with Crippen LogP contribution < -0.4 is 11.1 Å². The van der Waals surface area contributed by atoms with Crippen LogP contribution in [0.4, 0.5) is 0 Å². The van der Waals surface area contributed by atoms with Crippen LogP contribution in [0.15, 0.2) is 0 Å². The summed E-state index contributed by atoms with van der Waals surface area (Å²) >= 11 is 0. The van der Waals surface area contributed by atoms with E-state index in [0.29, 0.717) is 6.54 Å². The predicted octanol–water partition coefficient (Wildman–Crippen LogP) is -0.279. The van der Waals surface area contributed by atoms with E-state index in [1.165, 1.54) is 0 Å². The van der Waals surface area contributed by atoms with Gasteiger partial charge in [-0.2, -0.15) is 0 Å². The van der Waals surface area contributed by atoms with E-state index in [1.807, 2.05) is 0 Å². The van der Waals surface area contributed by atoms with Gasteiger partial charge >= 0.3 is 0 Å². The van der Waals surface area contributed by atoms with E-state index in [4.69, 9.17) is 12.2 Å². The van der Waals surface area contributed by atoms with Crippen molar-refractivity contribution in [1.29, 1.82) is 0 Å². The second-order valence-corrected chi connectivity index (χ2v) is 2.97. The molecule has 3 heteroatoms. The summed E-state index contributed by atoms with van der Waals surface area (Å²) in [5.41, 5.74) is 4.85. The molecule has 0 saturated heterocycles. The molecule has 0 rings (SSSR count). The Labute approximate surface area is 67.3 Å². The number of nitrogens with two attached hydrogens (primary N) is 1. The summed E-state index contributed by atoms with van der Waals surface area (Å²) in [7, 11) is 0. The zero-order chi connectivity index (χ0) is 8.91. The molecular formula is C8H14N2O. The van der Waals surface area contributed by atoms with Crippen LogP contribution >= 0.6 is 0 Å². The Hall–Kier alpha value is -1.01. The number of carbonyl (C=O) groups is 1. The van der Waals surface area contributed by atoms with E-state index in [1.54, 1.807) is 13.8 Å². The lowest BCUT2D eigenvalue weighted by molar-refractivity contribution is -0.128. The first-order valence-electron chi connectivity index (χ1n) is 3.46. The minimum atomic E-state index is -0.517. The quantitative estimate of drug-likeness (QED) is 0.549. The molecule has 3 N–H and O–H groups in total. The highest BCUT2D eigenvalue weighted by molar-refractivity contribution is 5.82. The van der Waals surface area contributed by atoms with Gasteiger partial charge in [0.25, 0.3) is 0 Å². The fourth-order valence-corrected chi connectivity index (χ4v) is 0.463. The van der Waals surface area contributed by atoms with Crippen molar-refractivity contribution in [3.05, 3.63) is 0 Å². The lowest BCUT2D eigenvalue weighted by Crippen LogP contribution is -2.41. The molecule has 0 aliphatic rings. The smallest absolute Gasteiger partial charge is 0.227 e. The summed E-state index contributed by atoms with van der Waals surface area (Å²) in [5, 5.41) is 2.57. The van der Waals surface area contributed by atoms with Crippen molar-refractivity contribution in [1.82, 2.24) is 5.32 Å². The minimum Gasteiger partial charge on any atom is -0.345 e. The summed E-state index contributed by atoms with van der Waals surface area (Å²) in [5.74, 6) is 2.22. The van der Waals surface area contributed by atoms with Crippen LogP contribution in [0.2, 0.25) is 0 Å². The molecule has 0 fully saturated rings. The zero-order valence-electron chi connectivity index (χ0n) is 6.98. The van der Waals surface area contributed by atoms with E-state index in [2.05, 4.69) is 11.2 Å². The third-order valence-corrected chi connectivity index (χ3v) is 1.48. The van der Waals surface area contributed by atoms with Gasteiger partial charge in [0.05, 0.1) is 12.0 Å². The summed E-state index contributed by atoms with van der Waals surface area (Å²) in [6.45, 7) is 4.14. The fourth-order valence-electron chi connectivity index (χ4n) is 0.463. The molecule has 11 heavy (non-hydrogen) atoms. The molecule has 0 unspecified atom stereocenters. The van der Waals surface area contributed by atoms with Gasteiger partial charge in [0.15, 0.2) is 0 Å². The van der Waals surface area contributed by atoms with Crippen LogP contribution in [0.3, 0.4) is 0 Å². The van der Waals surface area contributed by atoms with Gasteiger partial charge in [-0.05, 0) is 13.8 Å². The van der Waals surface area contributed by atoms with Crippen LogP contribution in [-0.4, -0.2) is 19.0 Å². The molecule has 0 heterocycles. The van der Waals surface area contributed by atoms with Gasteiger partial charge in [-0.15, -0.1) is 6.42 Å². The molecule has 0 bridgehead atoms. The molecule has 0 aromatic carbocycles. The number of terminal acetylenes is 1. The second-order valence-electron chi connectivity index (χ2n) is 2.97. The van der Waals surface area contributed by atoms with Crippen LogP contribution in [0.1, 0.15) is 13.8 Å². The summed E-state index contributed by atoms with van der Waals surface area (Å²) < 4.78 is 0. The number of nitrogens with one attached hydrogen (secondary N) is 1. The van der Waals surface area contributed by atoms with Gasteiger partial charge < -0.3 is 11.1 Å². The van der Waals surface area contributed by atoms with E-state index in [0.717, 1.165) is 0 Å². The van der Waals surface area contributed by atoms with E-state index in [9.17, 15) is 4.79 Å². The number of carbonyl (C=O) groups excluding carboxylic acids is 1. The van der Waals surface area contributed by atoms with Crippen LogP contribution in [-0.2, 0) is 4.79 Å². The number of hydrogen-bond acceptors (Lipinski definition) is 2. The first-order valence-corrected chi connectivity index (χ1v) is 3.46. The van der Waals surface area contributed by atoms with Gasteiger partial charge in [0, 0.05) is 6.54 Å². The Morgan fingerprint density at radius 2 is 2.27 bits per heavy atom. The highest BCUT2D eigenvalue weighted by Crippen LogP contribution is 2.11. The first kappa shape index (κ1) is 9.99. The summed E-state index contributed by atoms with van der Waals surface area (Å²) in [6, 6.07) is 0. The lowest BCUT2D eigenvalue weighted by Gasteiger charge is -2.20. The maximum absolute atomic E-state index is 11.2. The van der Waals surface area contributed by atoms with Crippen molar-refractivity contribution in [2.75, 3.05) is 13.1 Å². The number of rotatable bonds is 3. The van der Waals surface area contributed by atoms with Crippen molar-refractivity contribution in [2.45, 2.75) is 13.8 Å². The van der Waals surface area contributed by atoms with E-state index < -0.39 is 5.41 Å². The molecular weight excluding hydrogens is 140 g/mol. The maximum atomic E-state index is 11.2. The third-order valence-electron chi connectivity index (χ3n) is 1.48. The average molecular weight is 154 g/mol. The Bertz CT molecular complexity index is 179. The topological polar surface area (TPSA) is 55.1 Å². The monoisotopic (exact) mass is 154 g/mol. The average Bonchev–Trinajstić information content (AvgIpc) is 2.00. The molecule has 0 aliphatic heterocycles. The number of amides is 1. The van der Waals surface area contributed by atoms with E-state index in [-0.39, 0.29) is 12.5 Å². The Kier molecular flexibility index (Phi) is 3.63.